The molecule has 0 aliphatic carbocycles. The Bertz CT molecular complexity index is 598. The second-order valence-electron chi connectivity index (χ2n) is 4.09. The molecule has 1 aliphatic heterocycles. The van der Waals surface area contributed by atoms with E-state index < -0.39 is 0 Å². The Morgan fingerprint density at radius 2 is 1.89 bits per heavy atom. The number of halogens is 1. The molecule has 0 fully saturated rings. The van der Waals surface area contributed by atoms with Crippen LogP contribution >= 0.6 is 23.8 Å². The van der Waals surface area contributed by atoms with Crippen molar-refractivity contribution in [2.45, 2.75) is 0 Å². The molecule has 90 valence electrons. The van der Waals surface area contributed by atoms with Gasteiger partial charge in [-0.2, -0.15) is 0 Å². The molecule has 0 amide bonds. The van der Waals surface area contributed by atoms with Gasteiger partial charge in [0.05, 0.1) is 12.4 Å². The third kappa shape index (κ3) is 1.96. The fraction of sp³-hybridized carbons (Fsp3) is 0.0714. The summed E-state index contributed by atoms with van der Waals surface area (Å²) in [6, 6.07) is 16.0. The van der Waals surface area contributed by atoms with Crippen molar-refractivity contribution in [1.82, 2.24) is 5.32 Å². The highest BCUT2D eigenvalue weighted by molar-refractivity contribution is 7.80. The molecular formula is C14H11ClN2S. The van der Waals surface area contributed by atoms with Crippen molar-refractivity contribution >= 4 is 40.2 Å². The smallest absolute Gasteiger partial charge is 0.110 e. The number of para-hydroxylation sites is 1. The van der Waals surface area contributed by atoms with Gasteiger partial charge in [-0.05, 0) is 30.3 Å². The Morgan fingerprint density at radius 1 is 1.11 bits per heavy atom. The molecule has 0 atom stereocenters. The number of benzene rings is 2. The first kappa shape index (κ1) is 11.5. The monoisotopic (exact) mass is 274 g/mol. The zero-order valence-corrected chi connectivity index (χ0v) is 11.1. The van der Waals surface area contributed by atoms with Crippen molar-refractivity contribution in [3.05, 3.63) is 59.1 Å². The Hall–Kier alpha value is -1.58. The van der Waals surface area contributed by atoms with Crippen LogP contribution in [0, 0.1) is 0 Å². The molecule has 0 saturated heterocycles. The lowest BCUT2D eigenvalue weighted by molar-refractivity contribution is 0.867. The van der Waals surface area contributed by atoms with E-state index in [0.29, 0.717) is 6.67 Å². The van der Waals surface area contributed by atoms with Crippen LogP contribution in [0.5, 0.6) is 0 Å². The average molecular weight is 275 g/mol. The maximum absolute atomic E-state index is 6.09. The van der Waals surface area contributed by atoms with Gasteiger partial charge in [-0.3, -0.25) is 0 Å². The highest BCUT2D eigenvalue weighted by Crippen LogP contribution is 2.32. The summed E-state index contributed by atoms with van der Waals surface area (Å²) in [5, 5.41) is 3.94. The van der Waals surface area contributed by atoms with Crippen molar-refractivity contribution in [2.24, 2.45) is 0 Å². The Morgan fingerprint density at radius 3 is 2.67 bits per heavy atom. The molecule has 2 nitrogen and oxygen atoms in total. The number of fused-ring (bicyclic) bond motifs is 1. The number of anilines is 2. The first-order chi connectivity index (χ1) is 8.75. The highest BCUT2D eigenvalue weighted by atomic mass is 35.5. The van der Waals surface area contributed by atoms with Crippen LogP contribution in [0.3, 0.4) is 0 Å². The van der Waals surface area contributed by atoms with Crippen molar-refractivity contribution in [3.63, 3.8) is 0 Å². The maximum atomic E-state index is 6.09. The van der Waals surface area contributed by atoms with Crippen LogP contribution in [0.1, 0.15) is 5.56 Å². The van der Waals surface area contributed by atoms with Gasteiger partial charge in [0, 0.05) is 16.3 Å². The zero-order chi connectivity index (χ0) is 12.5. The molecule has 0 radical (unpaired) electrons. The lowest BCUT2D eigenvalue weighted by atomic mass is 10.1. The molecule has 0 saturated carbocycles. The van der Waals surface area contributed by atoms with Gasteiger partial charge in [-0.25, -0.2) is 0 Å². The molecule has 0 unspecified atom stereocenters. The standard InChI is InChI=1S/C14H11ClN2S/c15-10-6-7-12-13(8-10)17(9-16-14(12)18)11-4-2-1-3-5-11/h1-8H,9H2,(H,16,18). The summed E-state index contributed by atoms with van der Waals surface area (Å²) in [6.45, 7) is 0.663. The van der Waals surface area contributed by atoms with E-state index in [0.717, 1.165) is 26.9 Å². The molecule has 0 bridgehead atoms. The Balaban J connectivity index is 2.13. The number of nitrogens with one attached hydrogen (secondary N) is 1. The van der Waals surface area contributed by atoms with Gasteiger partial charge in [0.2, 0.25) is 0 Å². The maximum Gasteiger partial charge on any atom is 0.110 e. The van der Waals surface area contributed by atoms with E-state index in [1.807, 2.05) is 36.4 Å². The second-order valence-corrected chi connectivity index (χ2v) is 4.93. The van der Waals surface area contributed by atoms with Crippen LogP contribution in [-0.4, -0.2) is 11.7 Å². The number of nitrogens with zero attached hydrogens (tertiary/aromatic N) is 1. The zero-order valence-electron chi connectivity index (χ0n) is 9.56. The minimum Gasteiger partial charge on any atom is -0.358 e. The van der Waals surface area contributed by atoms with E-state index in [-0.39, 0.29) is 0 Å². The number of hydrogen-bond donors (Lipinski definition) is 1. The highest BCUT2D eigenvalue weighted by Gasteiger charge is 2.21. The number of thiocarbonyl (C=S) groups is 1. The van der Waals surface area contributed by atoms with E-state index in [4.69, 9.17) is 23.8 Å². The summed E-state index contributed by atoms with van der Waals surface area (Å²) >= 11 is 11.4. The third-order valence-corrected chi connectivity index (χ3v) is 3.56. The Kier molecular flexibility index (Phi) is 2.94. The number of rotatable bonds is 1. The van der Waals surface area contributed by atoms with E-state index >= 15 is 0 Å². The molecule has 0 spiro atoms. The van der Waals surface area contributed by atoms with Crippen LogP contribution in [-0.2, 0) is 0 Å². The summed E-state index contributed by atoms with van der Waals surface area (Å²) in [6.07, 6.45) is 0. The van der Waals surface area contributed by atoms with Crippen LogP contribution < -0.4 is 10.2 Å². The molecule has 3 rings (SSSR count). The largest absolute Gasteiger partial charge is 0.358 e. The minimum absolute atomic E-state index is 0.663. The van der Waals surface area contributed by atoms with Crippen molar-refractivity contribution in [3.8, 4) is 0 Å². The molecular weight excluding hydrogens is 264 g/mol. The van der Waals surface area contributed by atoms with Crippen LogP contribution in [0.25, 0.3) is 0 Å². The van der Waals surface area contributed by atoms with Gasteiger partial charge in [-0.1, -0.05) is 42.0 Å². The number of hydrogen-bond acceptors (Lipinski definition) is 2. The SMILES string of the molecule is S=C1NCN(c2ccccc2)c2cc(Cl)ccc21. The van der Waals surface area contributed by atoms with Gasteiger partial charge in [0.1, 0.15) is 4.99 Å². The predicted octanol–water partition coefficient (Wildman–Crippen LogP) is 3.71. The first-order valence-electron chi connectivity index (χ1n) is 5.66. The van der Waals surface area contributed by atoms with Gasteiger partial charge in [-0.15, -0.1) is 0 Å². The molecule has 1 N–H and O–H groups in total. The lowest BCUT2D eigenvalue weighted by Gasteiger charge is -2.32. The summed E-state index contributed by atoms with van der Waals surface area (Å²) < 4.78 is 0. The molecule has 2 aromatic rings. The predicted molar refractivity (Wildman–Crippen MR) is 79.7 cm³/mol. The molecule has 0 aromatic heterocycles. The summed E-state index contributed by atoms with van der Waals surface area (Å²) in [7, 11) is 0. The summed E-state index contributed by atoms with van der Waals surface area (Å²) in [4.78, 5) is 2.94. The van der Waals surface area contributed by atoms with Gasteiger partial charge < -0.3 is 10.2 Å². The molecule has 4 heteroatoms. The molecule has 2 aromatic carbocycles. The minimum atomic E-state index is 0.663. The quantitative estimate of drug-likeness (QED) is 0.798. The molecule has 1 heterocycles. The first-order valence-corrected chi connectivity index (χ1v) is 6.45. The van der Waals surface area contributed by atoms with E-state index in [9.17, 15) is 0 Å². The fourth-order valence-electron chi connectivity index (χ4n) is 2.09. The normalized spacial score (nSPS) is 14.1. The third-order valence-electron chi connectivity index (χ3n) is 2.96. The lowest BCUT2D eigenvalue weighted by Crippen LogP contribution is -2.40. The second kappa shape index (κ2) is 4.59. The van der Waals surface area contributed by atoms with E-state index in [1.54, 1.807) is 0 Å². The molecule has 1 aliphatic rings. The van der Waals surface area contributed by atoms with Crippen LogP contribution in [0.4, 0.5) is 11.4 Å². The van der Waals surface area contributed by atoms with Gasteiger partial charge in [0.15, 0.2) is 0 Å². The van der Waals surface area contributed by atoms with E-state index in [2.05, 4.69) is 22.3 Å². The summed E-state index contributed by atoms with van der Waals surface area (Å²) in [5.41, 5.74) is 3.19. The van der Waals surface area contributed by atoms with Crippen LogP contribution in [0.15, 0.2) is 48.5 Å². The van der Waals surface area contributed by atoms with Crippen molar-refractivity contribution in [2.75, 3.05) is 11.6 Å². The van der Waals surface area contributed by atoms with E-state index in [1.165, 1.54) is 0 Å². The molecule has 18 heavy (non-hydrogen) atoms. The topological polar surface area (TPSA) is 15.3 Å². The Labute approximate surface area is 116 Å². The van der Waals surface area contributed by atoms with Crippen LogP contribution in [0.2, 0.25) is 5.02 Å². The summed E-state index contributed by atoms with van der Waals surface area (Å²) in [5.74, 6) is 0. The van der Waals surface area contributed by atoms with Crippen molar-refractivity contribution in [1.29, 1.82) is 0 Å². The van der Waals surface area contributed by atoms with Gasteiger partial charge >= 0.3 is 0 Å². The average Bonchev–Trinajstić information content (AvgIpc) is 2.40. The van der Waals surface area contributed by atoms with Crippen molar-refractivity contribution < 1.29 is 0 Å². The van der Waals surface area contributed by atoms with Gasteiger partial charge in [0.25, 0.3) is 0 Å². The fourth-order valence-corrected chi connectivity index (χ4v) is 2.49.